The summed E-state index contributed by atoms with van der Waals surface area (Å²) >= 11 is 8.09. The van der Waals surface area contributed by atoms with E-state index in [1.807, 2.05) is 25.3 Å². The maximum absolute atomic E-state index is 13.2. The summed E-state index contributed by atoms with van der Waals surface area (Å²) in [5.74, 6) is -2.10. The van der Waals surface area contributed by atoms with Crippen molar-refractivity contribution in [2.24, 2.45) is 17.3 Å². The number of rotatable bonds is 2. The number of Topliss-reactive ketones (excluding diaryl/α,β-unsaturated/α-hetero) is 1. The largest absolute Gasteiger partial charge is 0.458 e. The zero-order valence-electron chi connectivity index (χ0n) is 21.1. The molecule has 10 heteroatoms. The molecule has 7 atom stereocenters. The monoisotopic (exact) mass is 529 g/mol. The van der Waals surface area contributed by atoms with E-state index < -0.39 is 46.8 Å². The summed E-state index contributed by atoms with van der Waals surface area (Å²) in [7, 11) is 0. The molecule has 8 nitrogen and oxygen atoms in total. The summed E-state index contributed by atoms with van der Waals surface area (Å²) in [4.78, 5) is 30.5. The Bertz CT molecular complexity index is 963. The lowest BCUT2D eigenvalue weighted by Gasteiger charge is -2.34. The lowest BCUT2D eigenvalue weighted by Crippen LogP contribution is -2.46. The Morgan fingerprint density at radius 1 is 1.29 bits per heavy atom. The smallest absolute Gasteiger partial charge is 0.309 e. The fourth-order valence-corrected chi connectivity index (χ4v) is 5.19. The molecule has 0 aromatic carbocycles. The lowest BCUT2D eigenvalue weighted by molar-refractivity contribution is -0.154. The Morgan fingerprint density at radius 2 is 1.97 bits per heavy atom. The summed E-state index contributed by atoms with van der Waals surface area (Å²) in [5, 5.41) is 23.3. The molecule has 0 bridgehead atoms. The van der Waals surface area contributed by atoms with Gasteiger partial charge in [0.2, 0.25) is 0 Å². The number of esters is 1. The van der Waals surface area contributed by atoms with Gasteiger partial charge in [0.05, 0.1) is 48.0 Å². The molecule has 0 aliphatic carbocycles. The molecule has 2 saturated heterocycles. The van der Waals surface area contributed by atoms with Gasteiger partial charge in [-0.05, 0) is 25.5 Å². The molecule has 3 heterocycles. The van der Waals surface area contributed by atoms with Crippen molar-refractivity contribution >= 4 is 40.8 Å². The quantitative estimate of drug-likeness (QED) is 0.339. The van der Waals surface area contributed by atoms with Crippen LogP contribution in [0.1, 0.15) is 58.2 Å². The van der Waals surface area contributed by atoms with Crippen LogP contribution in [0.5, 0.6) is 0 Å². The average Bonchev–Trinajstić information content (AvgIpc) is 3.22. The number of ether oxygens (including phenoxy) is 3. The number of alkyl halides is 1. The van der Waals surface area contributed by atoms with Crippen molar-refractivity contribution in [3.63, 3.8) is 0 Å². The number of hydrogen-bond acceptors (Lipinski definition) is 9. The van der Waals surface area contributed by atoms with Crippen LogP contribution in [0.2, 0.25) is 0 Å². The fourth-order valence-electron chi connectivity index (χ4n) is 4.35. The number of hydrogen-bond donors (Lipinski definition) is 2. The van der Waals surface area contributed by atoms with Gasteiger partial charge >= 0.3 is 5.97 Å². The van der Waals surface area contributed by atoms with E-state index in [0.29, 0.717) is 6.42 Å². The van der Waals surface area contributed by atoms with Gasteiger partial charge < -0.3 is 24.4 Å². The van der Waals surface area contributed by atoms with Gasteiger partial charge in [0, 0.05) is 23.6 Å². The molecule has 2 aliphatic rings. The van der Waals surface area contributed by atoms with Crippen molar-refractivity contribution in [2.75, 3.05) is 13.2 Å². The molecular formula is C25H36ClNO7S. The first-order valence-electron chi connectivity index (χ1n) is 11.9. The molecule has 2 aliphatic heterocycles. The predicted molar refractivity (Wildman–Crippen MR) is 133 cm³/mol. The summed E-state index contributed by atoms with van der Waals surface area (Å²) in [6.45, 7) is 10.6. The van der Waals surface area contributed by atoms with Crippen LogP contribution in [-0.2, 0) is 23.8 Å². The first-order chi connectivity index (χ1) is 16.2. The van der Waals surface area contributed by atoms with E-state index in [1.54, 1.807) is 27.7 Å². The van der Waals surface area contributed by atoms with Gasteiger partial charge in [-0.15, -0.1) is 11.3 Å². The Balaban J connectivity index is 1.85. The first-order valence-corrected chi connectivity index (χ1v) is 13.1. The SMILES string of the molecule is CC(=Cc1csc(C)n1)[C@@H]1C[C@@H]2O[C@]2(Cl)COC[C@H](C)[C@H](O)[C@@H](C)C(=O)C(C)(C)[C@@H](O)CC(=O)O1. The number of thiazole rings is 1. The summed E-state index contributed by atoms with van der Waals surface area (Å²) in [6.07, 6.45) is -1.54. The lowest BCUT2D eigenvalue weighted by atomic mass is 9.73. The minimum atomic E-state index is -1.29. The Kier molecular flexibility index (Phi) is 8.82. The number of carbonyl (C=O) groups is 2. The van der Waals surface area contributed by atoms with Crippen LogP contribution in [-0.4, -0.2) is 69.6 Å². The van der Waals surface area contributed by atoms with Crippen LogP contribution >= 0.6 is 22.9 Å². The fraction of sp³-hybridized carbons (Fsp3) is 0.720. The minimum absolute atomic E-state index is 0.0948. The molecular weight excluding hydrogens is 494 g/mol. The standard InChI is InChI=1S/C25H36ClNO7S/c1-13(7-17-11-35-16(4)27-17)18-8-20-25(26,34-20)12-32-10-14(2)22(30)15(3)23(31)24(5,6)19(28)9-21(29)33-18/h7,11,14-15,18-20,22,28,30H,8-10,12H2,1-6H3/t14-,15+,18-,19-,20-,22-,25+/m0/s1. The van der Waals surface area contributed by atoms with Crippen molar-refractivity contribution in [2.45, 2.75) is 83.9 Å². The number of nitrogens with zero attached hydrogens (tertiary/aromatic N) is 1. The zero-order valence-corrected chi connectivity index (χ0v) is 22.7. The third-order valence-electron chi connectivity index (χ3n) is 7.00. The zero-order chi connectivity index (χ0) is 26.1. The van der Waals surface area contributed by atoms with Crippen LogP contribution in [0.4, 0.5) is 0 Å². The average molecular weight is 530 g/mol. The molecule has 0 unspecified atom stereocenters. The molecule has 0 saturated carbocycles. The molecule has 1 aromatic rings. The first kappa shape index (κ1) is 28.2. The van der Waals surface area contributed by atoms with Crippen LogP contribution < -0.4 is 0 Å². The molecule has 35 heavy (non-hydrogen) atoms. The van der Waals surface area contributed by atoms with Gasteiger partial charge in [-0.1, -0.05) is 39.3 Å². The van der Waals surface area contributed by atoms with Crippen molar-refractivity contribution in [3.05, 3.63) is 21.7 Å². The van der Waals surface area contributed by atoms with E-state index in [4.69, 9.17) is 25.8 Å². The van der Waals surface area contributed by atoms with Gasteiger partial charge in [0.1, 0.15) is 18.0 Å². The summed E-state index contributed by atoms with van der Waals surface area (Å²) < 4.78 is 17.2. The highest BCUT2D eigenvalue weighted by molar-refractivity contribution is 7.09. The number of epoxide rings is 1. The summed E-state index contributed by atoms with van der Waals surface area (Å²) in [5.41, 5.74) is 0.259. The third-order valence-corrected chi connectivity index (χ3v) is 8.23. The van der Waals surface area contributed by atoms with Gasteiger partial charge in [-0.25, -0.2) is 4.98 Å². The van der Waals surface area contributed by atoms with Gasteiger partial charge in [0.15, 0.2) is 5.06 Å². The number of aliphatic hydroxyl groups is 2. The number of halogens is 1. The van der Waals surface area contributed by atoms with E-state index in [0.717, 1.165) is 16.3 Å². The third kappa shape index (κ3) is 6.70. The van der Waals surface area contributed by atoms with E-state index >= 15 is 0 Å². The Labute approximate surface area is 215 Å². The second-order valence-electron chi connectivity index (χ2n) is 10.4. The number of ketones is 1. The van der Waals surface area contributed by atoms with Crippen molar-refractivity contribution in [3.8, 4) is 0 Å². The van der Waals surface area contributed by atoms with Gasteiger partial charge in [0.25, 0.3) is 0 Å². The number of aromatic nitrogens is 1. The summed E-state index contributed by atoms with van der Waals surface area (Å²) in [6, 6.07) is 0. The van der Waals surface area contributed by atoms with E-state index in [1.165, 1.54) is 11.3 Å². The highest BCUT2D eigenvalue weighted by Crippen LogP contribution is 2.45. The highest BCUT2D eigenvalue weighted by atomic mass is 35.5. The maximum Gasteiger partial charge on any atom is 0.309 e. The number of cyclic esters (lactones) is 1. The second kappa shape index (κ2) is 10.9. The van der Waals surface area contributed by atoms with Gasteiger partial charge in [-0.3, -0.25) is 9.59 Å². The molecule has 0 radical (unpaired) electrons. The molecule has 3 rings (SSSR count). The van der Waals surface area contributed by atoms with Crippen LogP contribution in [0.3, 0.4) is 0 Å². The molecule has 0 amide bonds. The molecule has 1 aromatic heterocycles. The van der Waals surface area contributed by atoms with Gasteiger partial charge in [-0.2, -0.15) is 0 Å². The highest BCUT2D eigenvalue weighted by Gasteiger charge is 2.57. The Hall–Kier alpha value is -1.36. The molecule has 0 spiro atoms. The van der Waals surface area contributed by atoms with Crippen molar-refractivity contribution < 1.29 is 34.0 Å². The Morgan fingerprint density at radius 3 is 2.60 bits per heavy atom. The molecule has 2 fully saturated rings. The topological polar surface area (TPSA) is 118 Å². The molecule has 196 valence electrons. The van der Waals surface area contributed by atoms with E-state index in [9.17, 15) is 19.8 Å². The normalized spacial score (nSPS) is 37.5. The predicted octanol–water partition coefficient (Wildman–Crippen LogP) is 3.50. The number of carbonyl (C=O) groups excluding carboxylic acids is 2. The van der Waals surface area contributed by atoms with Crippen molar-refractivity contribution in [1.82, 2.24) is 4.98 Å². The maximum atomic E-state index is 13.2. The van der Waals surface area contributed by atoms with E-state index in [2.05, 4.69) is 4.98 Å². The van der Waals surface area contributed by atoms with Crippen molar-refractivity contribution in [1.29, 1.82) is 0 Å². The van der Waals surface area contributed by atoms with Crippen LogP contribution in [0, 0.1) is 24.2 Å². The van der Waals surface area contributed by atoms with E-state index in [-0.39, 0.29) is 31.3 Å². The number of aryl methyl sites for hydroxylation is 1. The molecule has 2 N–H and O–H groups in total. The second-order valence-corrected chi connectivity index (χ2v) is 12.1. The minimum Gasteiger partial charge on any atom is -0.458 e. The number of fused-ring (bicyclic) bond motifs is 1. The van der Waals surface area contributed by atoms with Crippen LogP contribution in [0.15, 0.2) is 11.0 Å². The number of aliphatic hydroxyl groups excluding tert-OH is 2. The van der Waals surface area contributed by atoms with Crippen LogP contribution in [0.25, 0.3) is 6.08 Å².